The van der Waals surface area contributed by atoms with E-state index >= 15 is 0 Å². The number of H-pyrrole nitrogens is 1. The number of halogens is 3. The number of alkyl halides is 3. The number of benzene rings is 2. The van der Waals surface area contributed by atoms with Gasteiger partial charge in [0.2, 0.25) is 0 Å². The first-order valence-corrected chi connectivity index (χ1v) is 7.36. The van der Waals surface area contributed by atoms with Crippen molar-refractivity contribution in [3.8, 4) is 0 Å². The summed E-state index contributed by atoms with van der Waals surface area (Å²) < 4.78 is 37.4. The molecule has 130 valence electrons. The number of aromatic amines is 1. The molecule has 8 heteroatoms. The Morgan fingerprint density at radius 3 is 2.52 bits per heavy atom. The van der Waals surface area contributed by atoms with E-state index in [4.69, 9.17) is 5.73 Å². The van der Waals surface area contributed by atoms with Crippen molar-refractivity contribution in [1.29, 1.82) is 0 Å². The first-order chi connectivity index (χ1) is 11.9. The maximum Gasteiger partial charge on any atom is 0.418 e. The van der Waals surface area contributed by atoms with Crippen LogP contribution in [0.4, 0.5) is 18.9 Å². The predicted octanol–water partition coefficient (Wildman–Crippen LogP) is 3.53. The zero-order valence-corrected chi connectivity index (χ0v) is 12.9. The van der Waals surface area contributed by atoms with Gasteiger partial charge in [-0.25, -0.2) is 0 Å². The molecule has 1 atom stereocenters. The van der Waals surface area contributed by atoms with E-state index in [-0.39, 0.29) is 5.56 Å². The number of rotatable bonds is 4. The summed E-state index contributed by atoms with van der Waals surface area (Å²) in [5, 5.41) is 20.0. The van der Waals surface area contributed by atoms with Crippen LogP contribution < -0.4 is 11.1 Å². The maximum atomic E-state index is 12.5. The lowest BCUT2D eigenvalue weighted by atomic mass is 10.1. The Morgan fingerprint density at radius 1 is 1.16 bits per heavy atom. The molecule has 0 saturated carbocycles. The number of hydrogen-bond acceptors (Lipinski definition) is 4. The van der Waals surface area contributed by atoms with Crippen molar-refractivity contribution < 1.29 is 18.3 Å². The third kappa shape index (κ3) is 3.58. The van der Waals surface area contributed by atoms with E-state index in [0.717, 1.165) is 10.9 Å². The number of anilines is 1. The van der Waals surface area contributed by atoms with E-state index in [1.165, 1.54) is 30.5 Å². The largest absolute Gasteiger partial charge is 0.418 e. The molecule has 0 fully saturated rings. The van der Waals surface area contributed by atoms with Gasteiger partial charge in [0, 0.05) is 17.3 Å². The third-order valence-electron chi connectivity index (χ3n) is 3.67. The molecular weight excluding hydrogens is 333 g/mol. The zero-order chi connectivity index (χ0) is 18.0. The summed E-state index contributed by atoms with van der Waals surface area (Å²) >= 11 is 0. The van der Waals surface area contributed by atoms with Crippen LogP contribution in [0, 0.1) is 0 Å². The molecule has 25 heavy (non-hydrogen) atoms. The average molecular weight is 348 g/mol. The van der Waals surface area contributed by atoms with E-state index in [2.05, 4.69) is 15.5 Å². The van der Waals surface area contributed by atoms with Crippen molar-refractivity contribution in [3.63, 3.8) is 0 Å². The lowest BCUT2D eigenvalue weighted by Gasteiger charge is -2.15. The van der Waals surface area contributed by atoms with Crippen molar-refractivity contribution in [2.24, 2.45) is 5.73 Å². The van der Waals surface area contributed by atoms with Gasteiger partial charge >= 0.3 is 6.18 Å². The monoisotopic (exact) mass is 348 g/mol. The van der Waals surface area contributed by atoms with Crippen LogP contribution in [0.5, 0.6) is 0 Å². The van der Waals surface area contributed by atoms with Crippen LogP contribution in [-0.2, 0) is 0 Å². The number of aliphatic hydroxyl groups is 1. The van der Waals surface area contributed by atoms with Crippen LogP contribution in [0.2, 0.25) is 0 Å². The van der Waals surface area contributed by atoms with Gasteiger partial charge in [-0.3, -0.25) is 5.10 Å². The topological polar surface area (TPSA) is 87.0 Å². The van der Waals surface area contributed by atoms with Gasteiger partial charge in [0.1, 0.15) is 5.69 Å². The molecule has 1 unspecified atom stereocenters. The van der Waals surface area contributed by atoms with Crippen LogP contribution in [0.3, 0.4) is 0 Å². The molecule has 5 nitrogen and oxygen atoms in total. The SMILES string of the molecule is N/C(=C\Nc1ccc(C(O)C(F)(F)F)cc1)c1n[nH]c2ccccc12. The molecule has 0 aliphatic rings. The van der Waals surface area contributed by atoms with Gasteiger partial charge in [0.05, 0.1) is 11.2 Å². The Balaban J connectivity index is 1.75. The van der Waals surface area contributed by atoms with Crippen LogP contribution in [0.1, 0.15) is 17.4 Å². The smallest absolute Gasteiger partial charge is 0.396 e. The van der Waals surface area contributed by atoms with E-state index in [1.807, 2.05) is 24.3 Å². The normalized spacial score (nSPS) is 13.8. The second-order valence-electron chi connectivity index (χ2n) is 5.43. The van der Waals surface area contributed by atoms with Crippen LogP contribution in [0.25, 0.3) is 16.6 Å². The Hall–Kier alpha value is -3.00. The number of para-hydroxylation sites is 1. The number of nitrogens with zero attached hydrogens (tertiary/aromatic N) is 1. The molecule has 0 amide bonds. The van der Waals surface area contributed by atoms with E-state index in [9.17, 15) is 18.3 Å². The summed E-state index contributed by atoms with van der Waals surface area (Å²) in [5.74, 6) is 0. The fourth-order valence-corrected chi connectivity index (χ4v) is 2.36. The average Bonchev–Trinajstić information content (AvgIpc) is 3.03. The number of aromatic nitrogens is 2. The van der Waals surface area contributed by atoms with Gasteiger partial charge in [-0.15, -0.1) is 0 Å². The van der Waals surface area contributed by atoms with Gasteiger partial charge in [-0.2, -0.15) is 18.3 Å². The summed E-state index contributed by atoms with van der Waals surface area (Å²) in [5.41, 5.74) is 8.11. The molecule has 0 bridgehead atoms. The minimum atomic E-state index is -4.69. The lowest BCUT2D eigenvalue weighted by Crippen LogP contribution is -2.20. The minimum Gasteiger partial charge on any atom is -0.396 e. The maximum absolute atomic E-state index is 12.5. The summed E-state index contributed by atoms with van der Waals surface area (Å²) in [4.78, 5) is 0. The Bertz CT molecular complexity index is 900. The molecule has 1 heterocycles. The van der Waals surface area contributed by atoms with Crippen LogP contribution in [-0.4, -0.2) is 21.5 Å². The zero-order valence-electron chi connectivity index (χ0n) is 12.9. The van der Waals surface area contributed by atoms with Crippen molar-refractivity contribution >= 4 is 22.3 Å². The van der Waals surface area contributed by atoms with Crippen LogP contribution in [0.15, 0.2) is 54.7 Å². The number of nitrogens with two attached hydrogens (primary N) is 1. The molecular formula is C17H15F3N4O. The Kier molecular flexibility index (Phi) is 4.37. The van der Waals surface area contributed by atoms with Crippen molar-refractivity contribution in [2.75, 3.05) is 5.32 Å². The highest BCUT2D eigenvalue weighted by Gasteiger charge is 2.39. The summed E-state index contributed by atoms with van der Waals surface area (Å²) in [6.07, 6.45) is -5.68. The Morgan fingerprint density at radius 2 is 1.84 bits per heavy atom. The molecule has 3 aromatic rings. The van der Waals surface area contributed by atoms with Gasteiger partial charge in [-0.05, 0) is 23.8 Å². The summed E-state index contributed by atoms with van der Waals surface area (Å²) in [6.45, 7) is 0. The quantitative estimate of drug-likeness (QED) is 0.581. The molecule has 5 N–H and O–H groups in total. The van der Waals surface area contributed by atoms with Crippen LogP contribution >= 0.6 is 0 Å². The minimum absolute atomic E-state index is 0.228. The Labute approximate surface area is 141 Å². The number of fused-ring (bicyclic) bond motifs is 1. The van der Waals surface area contributed by atoms with Gasteiger partial charge < -0.3 is 16.2 Å². The fourth-order valence-electron chi connectivity index (χ4n) is 2.36. The summed E-state index contributed by atoms with van der Waals surface area (Å²) in [7, 11) is 0. The first-order valence-electron chi connectivity index (χ1n) is 7.36. The third-order valence-corrected chi connectivity index (χ3v) is 3.67. The van der Waals surface area contributed by atoms with E-state index in [1.54, 1.807) is 0 Å². The van der Waals surface area contributed by atoms with Crippen molar-refractivity contribution in [3.05, 3.63) is 66.0 Å². The molecule has 3 rings (SSSR count). The van der Waals surface area contributed by atoms with E-state index < -0.39 is 12.3 Å². The second kappa shape index (κ2) is 6.48. The molecule has 0 aliphatic heterocycles. The number of aliphatic hydroxyl groups excluding tert-OH is 1. The lowest BCUT2D eigenvalue weighted by molar-refractivity contribution is -0.206. The van der Waals surface area contributed by atoms with E-state index in [0.29, 0.717) is 17.1 Å². The van der Waals surface area contributed by atoms with Crippen molar-refractivity contribution in [2.45, 2.75) is 12.3 Å². The highest BCUT2D eigenvalue weighted by atomic mass is 19.4. The fraction of sp³-hybridized carbons (Fsp3) is 0.118. The number of hydrogen-bond donors (Lipinski definition) is 4. The molecule has 2 aromatic carbocycles. The highest BCUT2D eigenvalue weighted by molar-refractivity contribution is 5.89. The first kappa shape index (κ1) is 16.8. The van der Waals surface area contributed by atoms with Gasteiger partial charge in [-0.1, -0.05) is 30.3 Å². The second-order valence-corrected chi connectivity index (χ2v) is 5.43. The molecule has 0 aliphatic carbocycles. The molecule has 0 spiro atoms. The van der Waals surface area contributed by atoms with Crippen molar-refractivity contribution in [1.82, 2.24) is 10.2 Å². The summed E-state index contributed by atoms with van der Waals surface area (Å²) in [6, 6.07) is 12.8. The van der Waals surface area contributed by atoms with Gasteiger partial charge in [0.15, 0.2) is 6.10 Å². The predicted molar refractivity (Wildman–Crippen MR) is 89.3 cm³/mol. The number of nitrogens with one attached hydrogen (secondary N) is 2. The van der Waals surface area contributed by atoms with Gasteiger partial charge in [0.25, 0.3) is 0 Å². The standard InChI is InChI=1S/C17H15F3N4O/c18-17(19,20)16(25)10-5-7-11(8-6-10)22-9-13(21)15-12-3-1-2-4-14(12)23-24-15/h1-9,16,22,25H,21H2,(H,23,24)/b13-9-. The molecule has 0 radical (unpaired) electrons. The molecule has 0 saturated heterocycles. The molecule has 1 aromatic heterocycles. The highest BCUT2D eigenvalue weighted by Crippen LogP contribution is 2.32.